The van der Waals surface area contributed by atoms with E-state index in [1.807, 2.05) is 38.1 Å². The molecule has 0 spiro atoms. The Balaban J connectivity index is 2.18. The third-order valence-electron chi connectivity index (χ3n) is 4.07. The fraction of sp³-hybridized carbons (Fsp3) is 0.316. The van der Waals surface area contributed by atoms with E-state index in [2.05, 4.69) is 5.32 Å². The summed E-state index contributed by atoms with van der Waals surface area (Å²) in [6.45, 7) is 5.32. The molecule has 140 valence electrons. The van der Waals surface area contributed by atoms with E-state index in [4.69, 9.17) is 11.6 Å². The van der Waals surface area contributed by atoms with Crippen LogP contribution in [0.2, 0.25) is 5.02 Å². The molecule has 0 aromatic heterocycles. The number of aryl methyl sites for hydroxylation is 2. The minimum absolute atomic E-state index is 0.226. The van der Waals surface area contributed by atoms with Crippen LogP contribution in [0.15, 0.2) is 42.5 Å². The maximum atomic E-state index is 12.5. The van der Waals surface area contributed by atoms with Gasteiger partial charge in [-0.2, -0.15) is 0 Å². The van der Waals surface area contributed by atoms with Gasteiger partial charge in [0.05, 0.1) is 18.0 Å². The Labute approximate surface area is 160 Å². The lowest BCUT2D eigenvalue weighted by Gasteiger charge is -2.25. The van der Waals surface area contributed by atoms with Crippen LogP contribution in [-0.4, -0.2) is 27.1 Å². The van der Waals surface area contributed by atoms with Gasteiger partial charge in [0, 0.05) is 5.02 Å². The molecule has 2 aromatic carbocycles. The Morgan fingerprint density at radius 1 is 1.15 bits per heavy atom. The molecular formula is C19H23ClN2O3S. The summed E-state index contributed by atoms with van der Waals surface area (Å²) in [5, 5.41) is 3.36. The monoisotopic (exact) mass is 394 g/mol. The number of rotatable bonds is 6. The minimum atomic E-state index is -3.63. The first-order valence-corrected chi connectivity index (χ1v) is 10.4. The molecule has 0 saturated carbocycles. The van der Waals surface area contributed by atoms with Crippen LogP contribution in [0.3, 0.4) is 0 Å². The van der Waals surface area contributed by atoms with Crippen LogP contribution >= 0.6 is 11.6 Å². The number of benzene rings is 2. The van der Waals surface area contributed by atoms with Gasteiger partial charge in [0.15, 0.2) is 0 Å². The van der Waals surface area contributed by atoms with Crippen LogP contribution in [0.4, 0.5) is 5.69 Å². The van der Waals surface area contributed by atoms with Crippen molar-refractivity contribution in [3.05, 3.63) is 64.2 Å². The number of nitrogens with zero attached hydrogens (tertiary/aromatic N) is 1. The summed E-state index contributed by atoms with van der Waals surface area (Å²) in [5.74, 6) is -0.377. The zero-order chi connectivity index (χ0) is 19.5. The molecule has 0 saturated heterocycles. The number of anilines is 1. The lowest BCUT2D eigenvalue weighted by atomic mass is 10.1. The second-order valence-electron chi connectivity index (χ2n) is 6.40. The highest BCUT2D eigenvalue weighted by Gasteiger charge is 2.23. The average Bonchev–Trinajstić information content (AvgIpc) is 2.53. The van der Waals surface area contributed by atoms with E-state index in [1.165, 1.54) is 0 Å². The van der Waals surface area contributed by atoms with Gasteiger partial charge in [-0.05, 0) is 50.1 Å². The maximum Gasteiger partial charge on any atom is 0.241 e. The first-order valence-electron chi connectivity index (χ1n) is 8.17. The fourth-order valence-corrected chi connectivity index (χ4v) is 3.78. The second kappa shape index (κ2) is 8.10. The number of halogens is 1. The zero-order valence-corrected chi connectivity index (χ0v) is 16.9. The molecule has 0 aliphatic heterocycles. The average molecular weight is 395 g/mol. The van der Waals surface area contributed by atoms with Crippen LogP contribution in [0.1, 0.15) is 29.7 Å². The van der Waals surface area contributed by atoms with E-state index in [0.29, 0.717) is 16.3 Å². The molecule has 5 nitrogen and oxygen atoms in total. The molecule has 0 aliphatic rings. The molecule has 0 aliphatic carbocycles. The van der Waals surface area contributed by atoms with E-state index in [0.717, 1.165) is 21.7 Å². The molecule has 0 heterocycles. The van der Waals surface area contributed by atoms with E-state index in [1.54, 1.807) is 25.1 Å². The molecular weight excluding hydrogens is 372 g/mol. The molecule has 2 rings (SSSR count). The number of nitrogens with one attached hydrogen (secondary N) is 1. The highest BCUT2D eigenvalue weighted by atomic mass is 35.5. The first kappa shape index (κ1) is 20.3. The van der Waals surface area contributed by atoms with E-state index in [-0.39, 0.29) is 18.5 Å². The number of amides is 1. The van der Waals surface area contributed by atoms with Crippen molar-refractivity contribution in [1.82, 2.24) is 5.32 Å². The quantitative estimate of drug-likeness (QED) is 0.813. The minimum Gasteiger partial charge on any atom is -0.348 e. The van der Waals surface area contributed by atoms with E-state index < -0.39 is 10.0 Å². The van der Waals surface area contributed by atoms with Crippen LogP contribution in [0.5, 0.6) is 0 Å². The summed E-state index contributed by atoms with van der Waals surface area (Å²) in [6.07, 6.45) is 1.08. The van der Waals surface area contributed by atoms with Crippen molar-refractivity contribution in [2.45, 2.75) is 26.8 Å². The van der Waals surface area contributed by atoms with Gasteiger partial charge >= 0.3 is 0 Å². The summed E-state index contributed by atoms with van der Waals surface area (Å²) in [5.41, 5.74) is 3.21. The third-order valence-corrected chi connectivity index (χ3v) is 5.43. The highest BCUT2D eigenvalue weighted by molar-refractivity contribution is 7.92. The van der Waals surface area contributed by atoms with Gasteiger partial charge in [0.2, 0.25) is 15.9 Å². The van der Waals surface area contributed by atoms with Crippen LogP contribution in [-0.2, 0) is 14.8 Å². The molecule has 1 amide bonds. The Morgan fingerprint density at radius 2 is 1.77 bits per heavy atom. The van der Waals surface area contributed by atoms with Gasteiger partial charge in [0.25, 0.3) is 0 Å². The topological polar surface area (TPSA) is 66.5 Å². The molecule has 26 heavy (non-hydrogen) atoms. The molecule has 0 radical (unpaired) electrons. The summed E-state index contributed by atoms with van der Waals surface area (Å²) in [6, 6.07) is 12.5. The van der Waals surface area contributed by atoms with Gasteiger partial charge in [0.1, 0.15) is 6.54 Å². The predicted molar refractivity (Wildman–Crippen MR) is 106 cm³/mol. The summed E-state index contributed by atoms with van der Waals surface area (Å²) >= 11 is 5.94. The number of hydrogen-bond donors (Lipinski definition) is 1. The van der Waals surface area contributed by atoms with Crippen molar-refractivity contribution in [2.24, 2.45) is 0 Å². The standard InChI is InChI=1S/C19H23ClN2O3S/c1-13-5-7-16(8-6-13)15(3)21-19(23)12-22(26(4,24)25)18-10-9-17(20)11-14(18)2/h5-11,15H,12H2,1-4H3,(H,21,23)/t15-/m1/s1. The Morgan fingerprint density at radius 3 is 2.31 bits per heavy atom. The fourth-order valence-electron chi connectivity index (χ4n) is 2.64. The molecule has 0 bridgehead atoms. The van der Waals surface area contributed by atoms with Crippen LogP contribution in [0, 0.1) is 13.8 Å². The number of carbonyl (C=O) groups is 1. The number of sulfonamides is 1. The SMILES string of the molecule is Cc1ccc([C@@H](C)NC(=O)CN(c2ccc(Cl)cc2C)S(C)(=O)=O)cc1. The molecule has 0 fully saturated rings. The van der Waals surface area contributed by atoms with Crippen LogP contribution in [0.25, 0.3) is 0 Å². The molecule has 1 atom stereocenters. The summed E-state index contributed by atoms with van der Waals surface area (Å²) in [7, 11) is -3.63. The van der Waals surface area contributed by atoms with Crippen molar-refractivity contribution in [3.8, 4) is 0 Å². The second-order valence-corrected chi connectivity index (χ2v) is 8.74. The summed E-state index contributed by atoms with van der Waals surface area (Å²) in [4.78, 5) is 12.5. The van der Waals surface area contributed by atoms with Gasteiger partial charge < -0.3 is 5.32 Å². The van der Waals surface area contributed by atoms with Crippen LogP contribution < -0.4 is 9.62 Å². The largest absolute Gasteiger partial charge is 0.348 e. The lowest BCUT2D eigenvalue weighted by Crippen LogP contribution is -2.41. The van der Waals surface area contributed by atoms with Gasteiger partial charge in [-0.15, -0.1) is 0 Å². The van der Waals surface area contributed by atoms with E-state index in [9.17, 15) is 13.2 Å². The van der Waals surface area contributed by atoms with E-state index >= 15 is 0 Å². The lowest BCUT2D eigenvalue weighted by molar-refractivity contribution is -0.120. The van der Waals surface area contributed by atoms with Gasteiger partial charge in [-0.25, -0.2) is 8.42 Å². The Hall–Kier alpha value is -2.05. The Bertz CT molecular complexity index is 896. The van der Waals surface area contributed by atoms with Crippen molar-refractivity contribution < 1.29 is 13.2 Å². The molecule has 7 heteroatoms. The number of carbonyl (C=O) groups excluding carboxylic acids is 1. The van der Waals surface area contributed by atoms with Gasteiger partial charge in [-0.3, -0.25) is 9.10 Å². The van der Waals surface area contributed by atoms with Crippen molar-refractivity contribution in [3.63, 3.8) is 0 Å². The maximum absolute atomic E-state index is 12.5. The number of hydrogen-bond acceptors (Lipinski definition) is 3. The van der Waals surface area contributed by atoms with Crippen molar-refractivity contribution >= 4 is 33.2 Å². The zero-order valence-electron chi connectivity index (χ0n) is 15.3. The third kappa shape index (κ3) is 5.22. The smallest absolute Gasteiger partial charge is 0.241 e. The summed E-state index contributed by atoms with van der Waals surface area (Å²) < 4.78 is 25.5. The van der Waals surface area contributed by atoms with Gasteiger partial charge in [-0.1, -0.05) is 41.4 Å². The van der Waals surface area contributed by atoms with Crippen molar-refractivity contribution in [1.29, 1.82) is 0 Å². The molecule has 1 N–H and O–H groups in total. The Kier molecular flexibility index (Phi) is 6.31. The normalized spacial score (nSPS) is 12.5. The first-order chi connectivity index (χ1) is 12.1. The molecule has 2 aromatic rings. The predicted octanol–water partition coefficient (Wildman–Crippen LogP) is 3.60. The van der Waals surface area contributed by atoms with Crippen molar-refractivity contribution in [2.75, 3.05) is 17.1 Å². The highest BCUT2D eigenvalue weighted by Crippen LogP contribution is 2.25. The molecule has 0 unspecified atom stereocenters.